The Kier molecular flexibility index (Phi) is 3.62. The van der Waals surface area contributed by atoms with Gasteiger partial charge in [0, 0.05) is 21.9 Å². The van der Waals surface area contributed by atoms with E-state index in [0.29, 0.717) is 5.75 Å². The summed E-state index contributed by atoms with van der Waals surface area (Å²) in [6.07, 6.45) is 0. The van der Waals surface area contributed by atoms with Crippen LogP contribution in [0.1, 0.15) is 33.4 Å². The van der Waals surface area contributed by atoms with Crippen molar-refractivity contribution < 1.29 is 9.52 Å². The average Bonchev–Trinajstić information content (AvgIpc) is 2.92. The van der Waals surface area contributed by atoms with Crippen LogP contribution in [0.5, 0.6) is 5.75 Å². The van der Waals surface area contributed by atoms with Crippen molar-refractivity contribution in [3.8, 4) is 16.9 Å². The smallest absolute Gasteiger partial charge is 0.138 e. The van der Waals surface area contributed by atoms with E-state index in [1.54, 1.807) is 0 Å². The minimum atomic E-state index is 0.350. The van der Waals surface area contributed by atoms with Crippen LogP contribution in [0.25, 0.3) is 33.1 Å². The van der Waals surface area contributed by atoms with Crippen LogP contribution in [-0.4, -0.2) is 5.11 Å². The quantitative estimate of drug-likeness (QED) is 0.411. The maximum Gasteiger partial charge on any atom is 0.138 e. The Labute approximate surface area is 154 Å². The van der Waals surface area contributed by atoms with Gasteiger partial charge in [-0.25, -0.2) is 0 Å². The van der Waals surface area contributed by atoms with E-state index in [9.17, 15) is 5.11 Å². The van der Waals surface area contributed by atoms with Gasteiger partial charge in [-0.15, -0.1) is 0 Å². The summed E-state index contributed by atoms with van der Waals surface area (Å²) < 4.78 is 6.30. The van der Waals surface area contributed by atoms with Crippen molar-refractivity contribution in [3.05, 3.63) is 63.7 Å². The Morgan fingerprint density at radius 2 is 1.27 bits per heavy atom. The highest BCUT2D eigenvalue weighted by Crippen LogP contribution is 2.44. The van der Waals surface area contributed by atoms with Crippen LogP contribution in [0.15, 0.2) is 34.7 Å². The number of phenols is 1. The fourth-order valence-corrected chi connectivity index (χ4v) is 4.23. The van der Waals surface area contributed by atoms with Gasteiger partial charge in [0.05, 0.1) is 0 Å². The number of furan rings is 1. The average molecular weight is 344 g/mol. The molecule has 0 aliphatic heterocycles. The van der Waals surface area contributed by atoms with Crippen molar-refractivity contribution >= 4 is 21.9 Å². The molecule has 0 radical (unpaired) electrons. The van der Waals surface area contributed by atoms with Crippen LogP contribution >= 0.6 is 0 Å². The summed E-state index contributed by atoms with van der Waals surface area (Å²) in [6, 6.07) is 10.6. The highest BCUT2D eigenvalue weighted by molar-refractivity contribution is 6.15. The van der Waals surface area contributed by atoms with E-state index in [1.165, 1.54) is 5.56 Å². The van der Waals surface area contributed by atoms with E-state index in [2.05, 4.69) is 58.9 Å². The van der Waals surface area contributed by atoms with E-state index in [4.69, 9.17) is 4.42 Å². The van der Waals surface area contributed by atoms with Gasteiger partial charge in [-0.3, -0.25) is 0 Å². The molecule has 0 amide bonds. The monoisotopic (exact) mass is 344 g/mol. The van der Waals surface area contributed by atoms with Crippen LogP contribution in [0.3, 0.4) is 0 Å². The lowest BCUT2D eigenvalue weighted by molar-refractivity contribution is 0.473. The summed E-state index contributed by atoms with van der Waals surface area (Å²) in [5, 5.41) is 13.0. The van der Waals surface area contributed by atoms with Crippen molar-refractivity contribution in [2.75, 3.05) is 0 Å². The molecule has 4 aromatic rings. The summed E-state index contributed by atoms with van der Waals surface area (Å²) >= 11 is 0. The molecule has 0 saturated carbocycles. The summed E-state index contributed by atoms with van der Waals surface area (Å²) in [4.78, 5) is 0. The number of phenolic OH excluding ortho intramolecular Hbond substituents is 1. The van der Waals surface area contributed by atoms with Crippen molar-refractivity contribution in [2.45, 2.75) is 41.5 Å². The Hall–Kier alpha value is -2.74. The minimum Gasteiger partial charge on any atom is -0.507 e. The number of aromatic hydroxyl groups is 1. The van der Waals surface area contributed by atoms with E-state index in [1.807, 2.05) is 13.0 Å². The summed E-state index contributed by atoms with van der Waals surface area (Å²) in [5.41, 5.74) is 10.5. The second-order valence-corrected chi connectivity index (χ2v) is 7.63. The molecule has 2 heteroatoms. The molecule has 0 unspecified atom stereocenters. The molecule has 0 aliphatic rings. The largest absolute Gasteiger partial charge is 0.507 e. The molecule has 1 aromatic heterocycles. The fourth-order valence-electron chi connectivity index (χ4n) is 4.23. The number of aryl methyl sites for hydroxylation is 6. The van der Waals surface area contributed by atoms with Crippen molar-refractivity contribution in [1.29, 1.82) is 0 Å². The first-order valence-corrected chi connectivity index (χ1v) is 9.02. The normalized spacial score (nSPS) is 11.6. The SMILES string of the molecule is Cc1cc(C)c(O)c(-c2c(C)cc(C)c3oc4c(C)cc(C)cc4c23)c1. The Bertz CT molecular complexity index is 1190. The van der Waals surface area contributed by atoms with Crippen LogP contribution < -0.4 is 0 Å². The van der Waals surface area contributed by atoms with E-state index < -0.39 is 0 Å². The van der Waals surface area contributed by atoms with Crippen molar-refractivity contribution in [1.82, 2.24) is 0 Å². The molecule has 0 aliphatic carbocycles. The molecule has 1 heterocycles. The van der Waals surface area contributed by atoms with E-state index in [0.717, 1.165) is 60.9 Å². The summed E-state index contributed by atoms with van der Waals surface area (Å²) in [5.74, 6) is 0.350. The Morgan fingerprint density at radius 1 is 0.654 bits per heavy atom. The zero-order valence-electron chi connectivity index (χ0n) is 16.2. The predicted molar refractivity (Wildman–Crippen MR) is 109 cm³/mol. The molecule has 132 valence electrons. The number of rotatable bonds is 1. The van der Waals surface area contributed by atoms with Crippen LogP contribution in [0.2, 0.25) is 0 Å². The molecule has 0 bridgehead atoms. The molecule has 0 saturated heterocycles. The lowest BCUT2D eigenvalue weighted by atomic mass is 9.90. The van der Waals surface area contributed by atoms with Gasteiger partial charge >= 0.3 is 0 Å². The third kappa shape index (κ3) is 2.33. The Balaban J connectivity index is 2.27. The Morgan fingerprint density at radius 3 is 2.00 bits per heavy atom. The molecule has 2 nitrogen and oxygen atoms in total. The van der Waals surface area contributed by atoms with Gasteiger partial charge in [-0.2, -0.15) is 0 Å². The molecule has 0 fully saturated rings. The first-order valence-electron chi connectivity index (χ1n) is 9.02. The van der Waals surface area contributed by atoms with Crippen LogP contribution in [-0.2, 0) is 0 Å². The van der Waals surface area contributed by atoms with Crippen molar-refractivity contribution in [2.24, 2.45) is 0 Å². The van der Waals surface area contributed by atoms with Crippen molar-refractivity contribution in [3.63, 3.8) is 0 Å². The van der Waals surface area contributed by atoms with Gasteiger partial charge in [0.1, 0.15) is 16.9 Å². The standard InChI is InChI=1S/C24H24O2/c1-12-7-15(4)22(25)18(9-12)20-14(3)11-17(6)24-21(20)19-10-13(2)8-16(5)23(19)26-24/h7-11,25H,1-6H3. The number of hydrogen-bond donors (Lipinski definition) is 1. The van der Waals surface area contributed by atoms with E-state index >= 15 is 0 Å². The van der Waals surface area contributed by atoms with Gasteiger partial charge < -0.3 is 9.52 Å². The molecule has 26 heavy (non-hydrogen) atoms. The highest BCUT2D eigenvalue weighted by atomic mass is 16.3. The molecule has 4 rings (SSSR count). The summed E-state index contributed by atoms with van der Waals surface area (Å²) in [6.45, 7) is 12.4. The fraction of sp³-hybridized carbons (Fsp3) is 0.250. The number of fused-ring (bicyclic) bond motifs is 3. The third-order valence-electron chi connectivity index (χ3n) is 5.27. The number of hydrogen-bond acceptors (Lipinski definition) is 2. The molecular weight excluding hydrogens is 320 g/mol. The highest BCUT2D eigenvalue weighted by Gasteiger charge is 2.21. The second-order valence-electron chi connectivity index (χ2n) is 7.63. The maximum atomic E-state index is 10.8. The first kappa shape index (κ1) is 16.7. The van der Waals surface area contributed by atoms with Gasteiger partial charge in [-0.1, -0.05) is 18.2 Å². The molecule has 0 atom stereocenters. The predicted octanol–water partition coefficient (Wildman–Crippen LogP) is 6.81. The van der Waals surface area contributed by atoms with Crippen LogP contribution in [0, 0.1) is 41.5 Å². The zero-order valence-corrected chi connectivity index (χ0v) is 16.2. The second kappa shape index (κ2) is 5.63. The molecule has 3 aromatic carbocycles. The maximum absolute atomic E-state index is 10.8. The minimum absolute atomic E-state index is 0.350. The van der Waals surface area contributed by atoms with Gasteiger partial charge in [-0.05, 0) is 87.1 Å². The molecule has 1 N–H and O–H groups in total. The van der Waals surface area contributed by atoms with E-state index in [-0.39, 0.29) is 0 Å². The lowest BCUT2D eigenvalue weighted by Crippen LogP contribution is -1.91. The first-order chi connectivity index (χ1) is 12.3. The lowest BCUT2D eigenvalue weighted by Gasteiger charge is -2.14. The number of benzene rings is 3. The zero-order chi connectivity index (χ0) is 18.7. The third-order valence-corrected chi connectivity index (χ3v) is 5.27. The van der Waals surface area contributed by atoms with Crippen LogP contribution in [0.4, 0.5) is 0 Å². The van der Waals surface area contributed by atoms with Gasteiger partial charge in [0.15, 0.2) is 0 Å². The summed E-state index contributed by atoms with van der Waals surface area (Å²) in [7, 11) is 0. The molecule has 0 spiro atoms. The van der Waals surface area contributed by atoms with Gasteiger partial charge in [0.2, 0.25) is 0 Å². The van der Waals surface area contributed by atoms with Gasteiger partial charge in [0.25, 0.3) is 0 Å². The molecular formula is C24H24O2. The topological polar surface area (TPSA) is 33.4 Å².